The molecule has 29 heavy (non-hydrogen) atoms. The summed E-state index contributed by atoms with van der Waals surface area (Å²) in [5.41, 5.74) is -2.08. The lowest BCUT2D eigenvalue weighted by Gasteiger charge is -2.31. The molecule has 4 aromatic rings. The van der Waals surface area contributed by atoms with E-state index in [9.17, 15) is 4.39 Å². The van der Waals surface area contributed by atoms with Crippen LogP contribution in [0.15, 0.2) is 24.5 Å². The second-order valence-corrected chi connectivity index (χ2v) is 6.90. The van der Waals surface area contributed by atoms with E-state index < -0.39 is 44.1 Å². The van der Waals surface area contributed by atoms with Crippen molar-refractivity contribution in [3.05, 3.63) is 47.0 Å². The fourth-order valence-electron chi connectivity index (χ4n) is 3.35. The van der Waals surface area contributed by atoms with Gasteiger partial charge in [0, 0.05) is 19.4 Å². The summed E-state index contributed by atoms with van der Waals surface area (Å²) < 4.78 is 82.9. The van der Waals surface area contributed by atoms with Gasteiger partial charge in [0.05, 0.1) is 47.9 Å². The van der Waals surface area contributed by atoms with Crippen LogP contribution in [-0.2, 0) is 17.9 Å². The Morgan fingerprint density at radius 3 is 2.86 bits per heavy atom. The van der Waals surface area contributed by atoms with Gasteiger partial charge in [-0.15, -0.1) is 0 Å². The first-order valence-corrected chi connectivity index (χ1v) is 8.76. The van der Waals surface area contributed by atoms with Gasteiger partial charge in [-0.2, -0.15) is 10.2 Å². The Kier molecular flexibility index (Phi) is 2.74. The van der Waals surface area contributed by atoms with E-state index in [-0.39, 0.29) is 44.4 Å². The van der Waals surface area contributed by atoms with Crippen LogP contribution in [0, 0.1) is 11.6 Å². The van der Waals surface area contributed by atoms with Gasteiger partial charge in [0.1, 0.15) is 22.5 Å². The molecule has 0 radical (unpaired) electrons. The summed E-state index contributed by atoms with van der Waals surface area (Å²) >= 11 is 6.24. The molecule has 0 unspecified atom stereocenters. The monoisotopic (exact) mass is 422 g/mol. The molecule has 4 aromatic heterocycles. The number of aromatic nitrogens is 6. The van der Waals surface area contributed by atoms with Gasteiger partial charge in [0.15, 0.2) is 5.65 Å². The van der Waals surface area contributed by atoms with Gasteiger partial charge in [-0.3, -0.25) is 14.8 Å². The number of nitrogens with zero attached hydrogens (tertiary/aromatic N) is 5. The molecule has 7 nitrogen and oxygen atoms in total. The Labute approximate surface area is 177 Å². The van der Waals surface area contributed by atoms with Crippen molar-refractivity contribution in [2.75, 3.05) is 0 Å². The molecule has 0 amide bonds. The van der Waals surface area contributed by atoms with Gasteiger partial charge < -0.3 is 4.74 Å². The minimum absolute atomic E-state index is 0.0176. The number of pyridine rings is 2. The van der Waals surface area contributed by atoms with Crippen LogP contribution < -0.4 is 0 Å². The van der Waals surface area contributed by atoms with E-state index in [2.05, 4.69) is 25.3 Å². The average molecular weight is 423 g/mol. The van der Waals surface area contributed by atoms with Gasteiger partial charge >= 0.3 is 0 Å². The maximum absolute atomic E-state index is 15.3. The SMILES string of the molecule is [2H]C([2H])([2H])C1(C([2H])([2H])[2H])Cn2nc(-c3ccc(F)cn3)c(-c3c(F)cnc4n[nH]c(Cl)c34)c2CO1. The molecule has 1 N–H and O–H groups in total. The Morgan fingerprint density at radius 2 is 2.10 bits per heavy atom. The summed E-state index contributed by atoms with van der Waals surface area (Å²) in [6, 6.07) is 2.43. The van der Waals surface area contributed by atoms with Crippen LogP contribution in [0.2, 0.25) is 5.15 Å². The number of nitrogens with one attached hydrogen (secondary N) is 1. The molecule has 0 spiro atoms. The smallest absolute Gasteiger partial charge is 0.183 e. The first kappa shape index (κ1) is 12.6. The molecule has 0 atom stereocenters. The zero-order valence-corrected chi connectivity index (χ0v) is 15.3. The largest absolute Gasteiger partial charge is 0.367 e. The van der Waals surface area contributed by atoms with Crippen molar-refractivity contribution in [2.45, 2.75) is 32.5 Å². The third kappa shape index (κ3) is 2.89. The molecule has 0 saturated carbocycles. The highest BCUT2D eigenvalue weighted by molar-refractivity contribution is 6.35. The first-order chi connectivity index (χ1) is 16.3. The van der Waals surface area contributed by atoms with Crippen molar-refractivity contribution >= 4 is 22.6 Å². The quantitative estimate of drug-likeness (QED) is 0.525. The zero-order valence-electron chi connectivity index (χ0n) is 20.5. The van der Waals surface area contributed by atoms with Gasteiger partial charge in [-0.05, 0) is 25.8 Å². The summed E-state index contributed by atoms with van der Waals surface area (Å²) in [4.78, 5) is 7.94. The molecule has 5 heterocycles. The molecule has 1 aliphatic rings. The summed E-state index contributed by atoms with van der Waals surface area (Å²) in [6.07, 6.45) is 1.87. The van der Waals surface area contributed by atoms with E-state index in [1.165, 1.54) is 6.07 Å². The van der Waals surface area contributed by atoms with E-state index in [0.29, 0.717) is 0 Å². The molecule has 1 aliphatic heterocycles. The number of H-pyrrole nitrogens is 1. The second-order valence-electron chi connectivity index (χ2n) is 6.52. The Balaban J connectivity index is 1.82. The topological polar surface area (TPSA) is 81.5 Å². The third-order valence-electron chi connectivity index (χ3n) is 4.60. The third-order valence-corrected chi connectivity index (χ3v) is 4.87. The van der Waals surface area contributed by atoms with Crippen molar-refractivity contribution in [3.8, 4) is 22.5 Å². The maximum Gasteiger partial charge on any atom is 0.183 e. The minimum Gasteiger partial charge on any atom is -0.367 e. The number of fused-ring (bicyclic) bond motifs is 2. The van der Waals surface area contributed by atoms with Crippen LogP contribution in [-0.4, -0.2) is 35.5 Å². The lowest BCUT2D eigenvalue weighted by molar-refractivity contribution is -0.0657. The van der Waals surface area contributed by atoms with Gasteiger partial charge in [-0.25, -0.2) is 13.8 Å². The van der Waals surface area contributed by atoms with E-state index >= 15 is 4.39 Å². The number of hydrogen-bond acceptors (Lipinski definition) is 5. The molecular formula is C19H15ClF2N6O. The molecular weight excluding hydrogens is 402 g/mol. The van der Waals surface area contributed by atoms with Crippen molar-refractivity contribution in [1.82, 2.24) is 29.9 Å². The summed E-state index contributed by atoms with van der Waals surface area (Å²) in [5.74, 6) is -1.43. The van der Waals surface area contributed by atoms with Gasteiger partial charge in [0.25, 0.3) is 0 Å². The lowest BCUT2D eigenvalue weighted by atomic mass is 9.98. The second kappa shape index (κ2) is 6.30. The van der Waals surface area contributed by atoms with Gasteiger partial charge in [0.2, 0.25) is 0 Å². The van der Waals surface area contributed by atoms with Crippen LogP contribution in [0.25, 0.3) is 33.5 Å². The van der Waals surface area contributed by atoms with Crippen LogP contribution in [0.3, 0.4) is 0 Å². The highest BCUT2D eigenvalue weighted by atomic mass is 35.5. The van der Waals surface area contributed by atoms with E-state index in [1.54, 1.807) is 0 Å². The van der Waals surface area contributed by atoms with Gasteiger partial charge in [-0.1, -0.05) is 11.6 Å². The van der Waals surface area contributed by atoms with E-state index in [4.69, 9.17) is 24.6 Å². The summed E-state index contributed by atoms with van der Waals surface area (Å²) in [5, 5.41) is 11.0. The lowest BCUT2D eigenvalue weighted by Crippen LogP contribution is -2.36. The van der Waals surface area contributed by atoms with Crippen molar-refractivity contribution in [2.24, 2.45) is 0 Å². The molecule has 0 bridgehead atoms. The van der Waals surface area contributed by atoms with Crippen molar-refractivity contribution in [3.63, 3.8) is 0 Å². The summed E-state index contributed by atoms with van der Waals surface area (Å²) in [6.45, 7) is -7.30. The predicted octanol–water partition coefficient (Wildman–Crippen LogP) is 4.12. The molecule has 148 valence electrons. The highest BCUT2D eigenvalue weighted by Gasteiger charge is 2.33. The fraction of sp³-hybridized carbons (Fsp3) is 0.263. The molecule has 5 rings (SSSR count). The molecule has 0 fully saturated rings. The predicted molar refractivity (Wildman–Crippen MR) is 102 cm³/mol. The fourth-order valence-corrected chi connectivity index (χ4v) is 3.57. The minimum atomic E-state index is -3.04. The zero-order chi connectivity index (χ0) is 25.3. The van der Waals surface area contributed by atoms with E-state index in [0.717, 1.165) is 23.1 Å². The number of rotatable bonds is 2. The maximum atomic E-state index is 15.3. The van der Waals surface area contributed by atoms with E-state index in [1.807, 2.05) is 0 Å². The number of hydrogen-bond donors (Lipinski definition) is 1. The number of halogens is 3. The first-order valence-electron chi connectivity index (χ1n) is 11.4. The van der Waals surface area contributed by atoms with Crippen molar-refractivity contribution in [1.29, 1.82) is 0 Å². The summed E-state index contributed by atoms with van der Waals surface area (Å²) in [7, 11) is 0. The molecule has 10 heteroatoms. The van der Waals surface area contributed by atoms with Crippen LogP contribution in [0.4, 0.5) is 8.78 Å². The number of ether oxygens (including phenoxy) is 1. The molecule has 0 aliphatic carbocycles. The normalized spacial score (nSPS) is 19.6. The van der Waals surface area contributed by atoms with Crippen LogP contribution >= 0.6 is 11.6 Å². The van der Waals surface area contributed by atoms with Crippen LogP contribution in [0.5, 0.6) is 0 Å². The van der Waals surface area contributed by atoms with Crippen LogP contribution in [0.1, 0.15) is 27.6 Å². The Hall–Kier alpha value is -2.91. The Bertz CT molecular complexity index is 1440. The highest BCUT2D eigenvalue weighted by Crippen LogP contribution is 2.42. The van der Waals surface area contributed by atoms with Crippen molar-refractivity contribution < 1.29 is 21.7 Å². The number of aromatic amines is 1. The average Bonchev–Trinajstić information content (AvgIpc) is 3.33. The standard InChI is InChI=1S/C19H15ClF2N6O/c1-19(2)8-28-12(7-29-19)14(16(27-28)11-4-3-9(21)5-23-11)13-10(22)6-24-18-15(13)17(20)25-26-18/h3-6H,7-8H2,1-2H3,(H,24,25,26)/i1D3,2D3. The molecule has 0 saturated heterocycles. The molecule has 0 aromatic carbocycles. The Morgan fingerprint density at radius 1 is 1.24 bits per heavy atom.